The van der Waals surface area contributed by atoms with Gasteiger partial charge in [0.2, 0.25) is 5.91 Å². The molecule has 7 unspecified atom stereocenters. The van der Waals surface area contributed by atoms with Crippen LogP contribution in [0.5, 0.6) is 0 Å². The summed E-state index contributed by atoms with van der Waals surface area (Å²) in [6, 6.07) is -0.812. The van der Waals surface area contributed by atoms with Crippen LogP contribution in [-0.4, -0.2) is 87.5 Å². The van der Waals surface area contributed by atoms with Gasteiger partial charge >= 0.3 is 0 Å². The van der Waals surface area contributed by atoms with Crippen LogP contribution >= 0.6 is 0 Å². The number of rotatable bonds is 46. The molecule has 0 saturated carbocycles. The van der Waals surface area contributed by atoms with Gasteiger partial charge in [-0.05, 0) is 70.6 Å². The van der Waals surface area contributed by atoms with E-state index in [9.17, 15) is 30.3 Å². The third-order valence-electron chi connectivity index (χ3n) is 12.7. The lowest BCUT2D eigenvalue weighted by atomic mass is 9.99. The topological polar surface area (TPSA) is 149 Å². The fourth-order valence-corrected chi connectivity index (χ4v) is 8.34. The van der Waals surface area contributed by atoms with Crippen molar-refractivity contribution >= 4 is 5.91 Å². The molecule has 0 aromatic rings. The van der Waals surface area contributed by atoms with Gasteiger partial charge in [0.05, 0.1) is 25.4 Å². The minimum atomic E-state index is -1.57. The Morgan fingerprint density at radius 1 is 0.515 bits per heavy atom. The average molecular weight is 954 g/mol. The number of hydrogen-bond donors (Lipinski definition) is 6. The lowest BCUT2D eigenvalue weighted by Gasteiger charge is -2.40. The largest absolute Gasteiger partial charge is 0.394 e. The van der Waals surface area contributed by atoms with E-state index in [4.69, 9.17) is 9.47 Å². The molecule has 0 bridgehead atoms. The van der Waals surface area contributed by atoms with Crippen molar-refractivity contribution in [2.24, 2.45) is 0 Å². The van der Waals surface area contributed by atoms with Gasteiger partial charge in [0, 0.05) is 6.42 Å². The Bertz CT molecular complexity index is 1340. The summed E-state index contributed by atoms with van der Waals surface area (Å²) in [7, 11) is 0. The third kappa shape index (κ3) is 37.2. The summed E-state index contributed by atoms with van der Waals surface area (Å²) in [5, 5.41) is 54.4. The molecule has 1 aliphatic heterocycles. The van der Waals surface area contributed by atoms with Gasteiger partial charge in [0.15, 0.2) is 6.29 Å². The molecule has 1 heterocycles. The second-order valence-electron chi connectivity index (χ2n) is 19.0. The summed E-state index contributed by atoms with van der Waals surface area (Å²) < 4.78 is 11.3. The van der Waals surface area contributed by atoms with Crippen LogP contribution in [-0.2, 0) is 14.3 Å². The van der Waals surface area contributed by atoms with Crippen LogP contribution in [0.25, 0.3) is 0 Å². The number of aliphatic hydroxyl groups excluding tert-OH is 5. The minimum Gasteiger partial charge on any atom is -0.394 e. The molecular formula is C59H103NO8. The van der Waals surface area contributed by atoms with E-state index < -0.39 is 49.5 Å². The van der Waals surface area contributed by atoms with Crippen LogP contribution in [0.1, 0.15) is 226 Å². The Morgan fingerprint density at radius 2 is 0.912 bits per heavy atom. The first-order valence-electron chi connectivity index (χ1n) is 27.8. The van der Waals surface area contributed by atoms with E-state index in [1.807, 2.05) is 6.08 Å². The summed E-state index contributed by atoms with van der Waals surface area (Å²) >= 11 is 0. The van der Waals surface area contributed by atoms with Crippen LogP contribution < -0.4 is 5.32 Å². The fourth-order valence-electron chi connectivity index (χ4n) is 8.34. The number of carbonyl (C=O) groups excluding carboxylic acids is 1. The second kappa shape index (κ2) is 48.0. The van der Waals surface area contributed by atoms with E-state index >= 15 is 0 Å². The molecule has 7 atom stereocenters. The Labute approximate surface area is 416 Å². The molecule has 9 heteroatoms. The van der Waals surface area contributed by atoms with Crippen molar-refractivity contribution in [1.82, 2.24) is 5.32 Å². The molecule has 1 rings (SSSR count). The predicted octanol–water partition coefficient (Wildman–Crippen LogP) is 13.5. The summed E-state index contributed by atoms with van der Waals surface area (Å²) in [5.74, 6) is -0.184. The van der Waals surface area contributed by atoms with Gasteiger partial charge in [-0.1, -0.05) is 234 Å². The number of ether oxygens (including phenoxy) is 2. The molecule has 1 fully saturated rings. The molecular weight excluding hydrogens is 851 g/mol. The first kappa shape index (κ1) is 63.4. The molecule has 0 radical (unpaired) electrons. The summed E-state index contributed by atoms with van der Waals surface area (Å²) in [6.45, 7) is 3.66. The molecule has 392 valence electrons. The first-order chi connectivity index (χ1) is 33.3. The highest BCUT2D eigenvalue weighted by Gasteiger charge is 2.44. The minimum absolute atomic E-state index is 0.184. The molecule has 0 aliphatic carbocycles. The maximum absolute atomic E-state index is 13.0. The van der Waals surface area contributed by atoms with Gasteiger partial charge in [0.1, 0.15) is 24.4 Å². The number of hydrogen-bond acceptors (Lipinski definition) is 8. The standard InChI is InChI=1S/C59H103NO8/c1-3-5-7-9-11-13-15-17-19-21-22-23-24-25-26-27-28-29-30-31-32-33-35-37-39-41-43-45-47-49-55(63)60-52(51-67-59-58(66)57(65)56(64)54(50-61)68-59)53(62)48-46-44-42-40-38-36-34-20-18-16-14-12-10-8-6-4-2/h5,7,11,13,17,19,22-23,25-26,28-29,46,48,52-54,56-59,61-62,64-66H,3-4,6,8-10,12,14-16,18,20-21,24,27,30-45,47,49-51H2,1-2H3,(H,60,63)/b7-5-,13-11-,19-17-,23-22-,26-25-,29-28-,48-46+. The molecule has 6 N–H and O–H groups in total. The van der Waals surface area contributed by atoms with Crippen LogP contribution in [0.2, 0.25) is 0 Å². The van der Waals surface area contributed by atoms with Crippen molar-refractivity contribution in [3.8, 4) is 0 Å². The molecule has 0 spiro atoms. The van der Waals surface area contributed by atoms with Gasteiger partial charge < -0.3 is 40.3 Å². The Hall–Kier alpha value is -2.63. The summed E-state index contributed by atoms with van der Waals surface area (Å²) in [5.41, 5.74) is 0. The maximum Gasteiger partial charge on any atom is 0.220 e. The summed E-state index contributed by atoms with van der Waals surface area (Å²) in [4.78, 5) is 13.0. The number of unbranched alkanes of at least 4 members (excludes halogenated alkanes) is 24. The number of aliphatic hydroxyl groups is 5. The monoisotopic (exact) mass is 954 g/mol. The molecule has 9 nitrogen and oxygen atoms in total. The Kier molecular flexibility index (Phi) is 44.8. The van der Waals surface area contributed by atoms with Gasteiger partial charge in [-0.15, -0.1) is 0 Å². The zero-order chi connectivity index (χ0) is 49.4. The fraction of sp³-hybridized carbons (Fsp3) is 0.746. The number of amides is 1. The molecule has 1 aliphatic rings. The van der Waals surface area contributed by atoms with Crippen molar-refractivity contribution in [3.63, 3.8) is 0 Å². The highest BCUT2D eigenvalue weighted by molar-refractivity contribution is 5.76. The van der Waals surface area contributed by atoms with Gasteiger partial charge in [-0.3, -0.25) is 4.79 Å². The van der Waals surface area contributed by atoms with Crippen molar-refractivity contribution < 1.29 is 39.8 Å². The van der Waals surface area contributed by atoms with E-state index in [1.54, 1.807) is 6.08 Å². The lowest BCUT2D eigenvalue weighted by Crippen LogP contribution is -2.60. The maximum atomic E-state index is 13.0. The Balaban J connectivity index is 2.23. The average Bonchev–Trinajstić information content (AvgIpc) is 3.34. The first-order valence-corrected chi connectivity index (χ1v) is 27.8. The number of nitrogens with one attached hydrogen (secondary N) is 1. The molecule has 0 aromatic carbocycles. The van der Waals surface area contributed by atoms with E-state index in [0.717, 1.165) is 83.5 Å². The van der Waals surface area contributed by atoms with Crippen LogP contribution in [0.4, 0.5) is 0 Å². The van der Waals surface area contributed by atoms with Crippen LogP contribution in [0.3, 0.4) is 0 Å². The van der Waals surface area contributed by atoms with Crippen molar-refractivity contribution in [2.75, 3.05) is 13.2 Å². The lowest BCUT2D eigenvalue weighted by molar-refractivity contribution is -0.302. The normalized spacial score (nSPS) is 20.2. The molecule has 68 heavy (non-hydrogen) atoms. The van der Waals surface area contributed by atoms with E-state index in [-0.39, 0.29) is 12.5 Å². The van der Waals surface area contributed by atoms with Crippen molar-refractivity contribution in [2.45, 2.75) is 269 Å². The van der Waals surface area contributed by atoms with E-state index in [0.29, 0.717) is 6.42 Å². The smallest absolute Gasteiger partial charge is 0.220 e. The molecule has 0 aromatic heterocycles. The highest BCUT2D eigenvalue weighted by atomic mass is 16.7. The van der Waals surface area contributed by atoms with Gasteiger partial charge in [-0.25, -0.2) is 0 Å². The zero-order valence-electron chi connectivity index (χ0n) is 43.3. The number of allylic oxidation sites excluding steroid dienone is 13. The quantitative estimate of drug-likeness (QED) is 0.0261. The van der Waals surface area contributed by atoms with Crippen molar-refractivity contribution in [3.05, 3.63) is 85.1 Å². The van der Waals surface area contributed by atoms with E-state index in [1.165, 1.54) is 122 Å². The van der Waals surface area contributed by atoms with Crippen molar-refractivity contribution in [1.29, 1.82) is 0 Å². The second-order valence-corrected chi connectivity index (χ2v) is 19.0. The molecule has 1 amide bonds. The summed E-state index contributed by atoms with van der Waals surface area (Å²) in [6.07, 6.45) is 60.6. The highest BCUT2D eigenvalue weighted by Crippen LogP contribution is 2.23. The zero-order valence-corrected chi connectivity index (χ0v) is 43.3. The SMILES string of the molecule is CC/C=C\C/C=C\C/C=C\C/C=C\C/C=C\C/C=C\CCCCCCCCCCCCC(=O)NC(COC1OC(CO)C(O)C(O)C1O)C(O)/C=C/CCCCCCCCCCCCCCCC. The van der Waals surface area contributed by atoms with Crippen LogP contribution in [0, 0.1) is 0 Å². The van der Waals surface area contributed by atoms with E-state index in [2.05, 4.69) is 92.1 Å². The van der Waals surface area contributed by atoms with Gasteiger partial charge in [0.25, 0.3) is 0 Å². The predicted molar refractivity (Wildman–Crippen MR) is 285 cm³/mol. The van der Waals surface area contributed by atoms with Crippen LogP contribution in [0.15, 0.2) is 85.1 Å². The Morgan fingerprint density at radius 3 is 1.35 bits per heavy atom. The number of carbonyl (C=O) groups is 1. The third-order valence-corrected chi connectivity index (χ3v) is 12.7. The van der Waals surface area contributed by atoms with Gasteiger partial charge in [-0.2, -0.15) is 0 Å². The molecule has 1 saturated heterocycles.